The van der Waals surface area contributed by atoms with E-state index in [-0.39, 0.29) is 0 Å². The van der Waals surface area contributed by atoms with Crippen LogP contribution in [0.2, 0.25) is 0 Å². The number of rotatable bonds is 7. The summed E-state index contributed by atoms with van der Waals surface area (Å²) in [5.41, 5.74) is 1.47. The molecule has 1 aromatic heterocycles. The van der Waals surface area contributed by atoms with Crippen molar-refractivity contribution >= 4 is 11.3 Å². The molecule has 0 aromatic carbocycles. The fourth-order valence-corrected chi connectivity index (χ4v) is 3.76. The minimum Gasteiger partial charge on any atom is -0.377 e. The fraction of sp³-hybridized carbons (Fsp3) is 0.750. The highest BCUT2D eigenvalue weighted by atomic mass is 32.1. The van der Waals surface area contributed by atoms with Gasteiger partial charge in [0.15, 0.2) is 0 Å². The number of hydrogen-bond donors (Lipinski definition) is 1. The van der Waals surface area contributed by atoms with Crippen molar-refractivity contribution in [1.82, 2.24) is 10.2 Å². The number of nitrogens with one attached hydrogen (secondary N) is 1. The molecule has 20 heavy (non-hydrogen) atoms. The van der Waals surface area contributed by atoms with Crippen molar-refractivity contribution < 1.29 is 4.74 Å². The summed E-state index contributed by atoms with van der Waals surface area (Å²) in [4.78, 5) is 5.30. The molecule has 1 aliphatic heterocycles. The summed E-state index contributed by atoms with van der Waals surface area (Å²) in [7, 11) is 2.21. The van der Waals surface area contributed by atoms with Crippen molar-refractivity contribution in [1.29, 1.82) is 0 Å². The summed E-state index contributed by atoms with van der Waals surface area (Å²) in [6, 6.07) is 2.36. The van der Waals surface area contributed by atoms with Crippen LogP contribution in [0.3, 0.4) is 0 Å². The third kappa shape index (κ3) is 4.85. The monoisotopic (exact) mass is 296 g/mol. The first kappa shape index (κ1) is 16.0. The summed E-state index contributed by atoms with van der Waals surface area (Å²) >= 11 is 1.92. The molecule has 4 heteroatoms. The SMILES string of the molecule is CCNCc1cc(CN(C)CC2CCCCO2)c(C)s1. The van der Waals surface area contributed by atoms with Gasteiger partial charge in [0.05, 0.1) is 6.10 Å². The molecular weight excluding hydrogens is 268 g/mol. The normalized spacial score (nSPS) is 19.7. The third-order valence-corrected chi connectivity index (χ3v) is 4.94. The Balaban J connectivity index is 1.83. The van der Waals surface area contributed by atoms with Gasteiger partial charge >= 0.3 is 0 Å². The molecule has 1 saturated heterocycles. The van der Waals surface area contributed by atoms with Crippen LogP contribution in [0.15, 0.2) is 6.07 Å². The lowest BCUT2D eigenvalue weighted by atomic mass is 10.1. The lowest BCUT2D eigenvalue weighted by Gasteiger charge is -2.27. The molecule has 1 atom stereocenters. The van der Waals surface area contributed by atoms with Gasteiger partial charge in [0.1, 0.15) is 0 Å². The largest absolute Gasteiger partial charge is 0.377 e. The van der Waals surface area contributed by atoms with Gasteiger partial charge in [0, 0.05) is 36.0 Å². The van der Waals surface area contributed by atoms with Gasteiger partial charge in [-0.2, -0.15) is 0 Å². The van der Waals surface area contributed by atoms with Crippen LogP contribution in [0.1, 0.15) is 41.5 Å². The van der Waals surface area contributed by atoms with E-state index in [2.05, 4.69) is 37.2 Å². The van der Waals surface area contributed by atoms with Gasteiger partial charge in [-0.05, 0) is 51.4 Å². The molecular formula is C16H28N2OS. The Morgan fingerprint density at radius 2 is 2.30 bits per heavy atom. The number of hydrogen-bond acceptors (Lipinski definition) is 4. The Labute approximate surface area is 127 Å². The Bertz CT molecular complexity index is 399. The average Bonchev–Trinajstić information content (AvgIpc) is 2.78. The summed E-state index contributed by atoms with van der Waals surface area (Å²) in [6.07, 6.45) is 4.22. The standard InChI is InChI=1S/C16H28N2OS/c1-4-17-10-16-9-14(13(2)20-16)11-18(3)12-15-7-5-6-8-19-15/h9,15,17H,4-8,10-12H2,1-3H3. The molecule has 0 radical (unpaired) electrons. The minimum atomic E-state index is 0.439. The Hall–Kier alpha value is -0.420. The zero-order chi connectivity index (χ0) is 14.4. The first-order chi connectivity index (χ1) is 9.69. The van der Waals surface area contributed by atoms with Crippen molar-refractivity contribution in [3.05, 3.63) is 21.4 Å². The molecule has 0 amide bonds. The second-order valence-corrected chi connectivity index (χ2v) is 7.10. The van der Waals surface area contributed by atoms with E-state index < -0.39 is 0 Å². The smallest absolute Gasteiger partial charge is 0.0702 e. The molecule has 3 nitrogen and oxygen atoms in total. The van der Waals surface area contributed by atoms with E-state index >= 15 is 0 Å². The minimum absolute atomic E-state index is 0.439. The Morgan fingerprint density at radius 3 is 3.00 bits per heavy atom. The lowest BCUT2D eigenvalue weighted by molar-refractivity contribution is -0.00259. The highest BCUT2D eigenvalue weighted by Gasteiger charge is 2.16. The second-order valence-electron chi connectivity index (χ2n) is 5.76. The van der Waals surface area contributed by atoms with E-state index in [9.17, 15) is 0 Å². The van der Waals surface area contributed by atoms with Crippen LogP contribution in [0, 0.1) is 6.92 Å². The van der Waals surface area contributed by atoms with E-state index in [4.69, 9.17) is 4.74 Å². The maximum atomic E-state index is 5.83. The predicted molar refractivity (Wildman–Crippen MR) is 86.4 cm³/mol. The Kier molecular flexibility index (Phi) is 6.49. The predicted octanol–water partition coefficient (Wildman–Crippen LogP) is 3.17. The quantitative estimate of drug-likeness (QED) is 0.836. The number of thiophene rings is 1. The molecule has 2 heterocycles. The van der Waals surface area contributed by atoms with Crippen LogP contribution in [0.25, 0.3) is 0 Å². The molecule has 0 spiro atoms. The van der Waals surface area contributed by atoms with Gasteiger partial charge < -0.3 is 10.1 Å². The van der Waals surface area contributed by atoms with Crippen LogP contribution in [0.5, 0.6) is 0 Å². The molecule has 1 unspecified atom stereocenters. The first-order valence-corrected chi connectivity index (χ1v) is 8.59. The van der Waals surface area contributed by atoms with E-state index in [1.807, 2.05) is 11.3 Å². The van der Waals surface area contributed by atoms with E-state index in [0.29, 0.717) is 6.10 Å². The number of nitrogens with zero attached hydrogens (tertiary/aromatic N) is 1. The van der Waals surface area contributed by atoms with Crippen LogP contribution in [-0.2, 0) is 17.8 Å². The molecule has 0 aliphatic carbocycles. The number of ether oxygens (including phenoxy) is 1. The van der Waals surface area contributed by atoms with Gasteiger partial charge in [-0.3, -0.25) is 4.90 Å². The summed E-state index contributed by atoms with van der Waals surface area (Å²) in [6.45, 7) is 9.46. The maximum absolute atomic E-state index is 5.83. The highest BCUT2D eigenvalue weighted by molar-refractivity contribution is 7.12. The average molecular weight is 296 g/mol. The van der Waals surface area contributed by atoms with Gasteiger partial charge in [0.2, 0.25) is 0 Å². The molecule has 0 bridgehead atoms. The molecule has 0 saturated carbocycles. The maximum Gasteiger partial charge on any atom is 0.0702 e. The van der Waals surface area contributed by atoms with Gasteiger partial charge in [-0.15, -0.1) is 11.3 Å². The molecule has 1 aliphatic rings. The third-order valence-electron chi connectivity index (χ3n) is 3.85. The van der Waals surface area contributed by atoms with Gasteiger partial charge in [-0.1, -0.05) is 6.92 Å². The van der Waals surface area contributed by atoms with Crippen LogP contribution in [0.4, 0.5) is 0 Å². The Morgan fingerprint density at radius 1 is 1.45 bits per heavy atom. The first-order valence-electron chi connectivity index (χ1n) is 7.78. The molecule has 1 aromatic rings. The summed E-state index contributed by atoms with van der Waals surface area (Å²) < 4.78 is 5.83. The fourth-order valence-electron chi connectivity index (χ4n) is 2.73. The molecule has 2 rings (SSSR count). The zero-order valence-electron chi connectivity index (χ0n) is 13.1. The van der Waals surface area contributed by atoms with E-state index in [1.165, 1.54) is 34.6 Å². The van der Waals surface area contributed by atoms with Crippen LogP contribution >= 0.6 is 11.3 Å². The van der Waals surface area contributed by atoms with Crippen LogP contribution in [-0.4, -0.2) is 37.7 Å². The van der Waals surface area contributed by atoms with Crippen molar-refractivity contribution in [2.45, 2.75) is 52.3 Å². The van der Waals surface area contributed by atoms with E-state index in [1.54, 1.807) is 0 Å². The lowest BCUT2D eigenvalue weighted by Crippen LogP contribution is -2.33. The zero-order valence-corrected chi connectivity index (χ0v) is 13.9. The second kappa shape index (κ2) is 8.13. The van der Waals surface area contributed by atoms with Crippen molar-refractivity contribution in [2.75, 3.05) is 26.7 Å². The van der Waals surface area contributed by atoms with Crippen molar-refractivity contribution in [3.8, 4) is 0 Å². The molecule has 1 fully saturated rings. The highest BCUT2D eigenvalue weighted by Crippen LogP contribution is 2.23. The van der Waals surface area contributed by atoms with Crippen LogP contribution < -0.4 is 5.32 Å². The molecule has 1 N–H and O–H groups in total. The van der Waals surface area contributed by atoms with Crippen molar-refractivity contribution in [2.24, 2.45) is 0 Å². The number of aryl methyl sites for hydroxylation is 1. The topological polar surface area (TPSA) is 24.5 Å². The van der Waals surface area contributed by atoms with Crippen molar-refractivity contribution in [3.63, 3.8) is 0 Å². The van der Waals surface area contributed by atoms with Gasteiger partial charge in [-0.25, -0.2) is 0 Å². The molecule has 114 valence electrons. The summed E-state index contributed by atoms with van der Waals surface area (Å²) in [5.74, 6) is 0. The van der Waals surface area contributed by atoms with E-state index in [0.717, 1.165) is 32.8 Å². The number of likely N-dealkylation sites (N-methyl/N-ethyl adjacent to an activating group) is 1. The van der Waals surface area contributed by atoms with Gasteiger partial charge in [0.25, 0.3) is 0 Å². The summed E-state index contributed by atoms with van der Waals surface area (Å²) in [5, 5.41) is 3.40.